The minimum absolute atomic E-state index is 0.285. The predicted octanol–water partition coefficient (Wildman–Crippen LogP) is 3.92. The van der Waals surface area contributed by atoms with Crippen LogP contribution < -0.4 is 39.6 Å². The molecule has 0 saturated carbocycles. The molecule has 0 radical (unpaired) electrons. The number of hydrogen-bond donors (Lipinski definition) is 3. The van der Waals surface area contributed by atoms with Crippen molar-refractivity contribution >= 4 is 11.7 Å². The smallest absolute Gasteiger partial charge is 0.319 e. The molecular weight excluding hydrogens is 500 g/mol. The molecule has 0 saturated heterocycles. The number of amides is 2. The first-order valence-electron chi connectivity index (χ1n) is 12.7. The predicted molar refractivity (Wildman–Crippen MR) is 149 cm³/mol. The highest BCUT2D eigenvalue weighted by Gasteiger charge is 2.38. The van der Waals surface area contributed by atoms with Gasteiger partial charge in [0.05, 0.1) is 35.5 Å². The van der Waals surface area contributed by atoms with E-state index in [1.165, 1.54) is 5.56 Å². The Balaban J connectivity index is 1.68. The van der Waals surface area contributed by atoms with Crippen LogP contribution in [0.4, 0.5) is 10.5 Å². The van der Waals surface area contributed by atoms with Gasteiger partial charge in [-0.25, -0.2) is 4.79 Å². The number of carbonyl (C=O) groups excluding carboxylic acids is 1. The number of nitrogens with zero attached hydrogens (tertiary/aromatic N) is 1. The van der Waals surface area contributed by atoms with Crippen molar-refractivity contribution in [2.75, 3.05) is 54.0 Å². The summed E-state index contributed by atoms with van der Waals surface area (Å²) in [6.07, 6.45) is 5.30. The molecule has 1 aliphatic rings. The number of benzene rings is 2. The van der Waals surface area contributed by atoms with Gasteiger partial charge in [0.1, 0.15) is 0 Å². The van der Waals surface area contributed by atoms with Crippen LogP contribution in [0.25, 0.3) is 0 Å². The second kappa shape index (κ2) is 12.6. The van der Waals surface area contributed by atoms with Gasteiger partial charge in [-0.05, 0) is 72.4 Å². The fourth-order valence-corrected chi connectivity index (χ4v) is 5.16. The summed E-state index contributed by atoms with van der Waals surface area (Å²) in [7, 11) is 8.07. The van der Waals surface area contributed by atoms with Crippen LogP contribution >= 0.6 is 0 Å². The first kappa shape index (κ1) is 27.8. The van der Waals surface area contributed by atoms with E-state index in [2.05, 4.69) is 20.9 Å². The molecule has 2 aromatic carbocycles. The largest absolute Gasteiger partial charge is 0.493 e. The number of methoxy groups -OCH3 is 5. The fourth-order valence-electron chi connectivity index (χ4n) is 5.16. The Hall–Kier alpha value is -4.18. The van der Waals surface area contributed by atoms with Gasteiger partial charge in [0.15, 0.2) is 23.0 Å². The van der Waals surface area contributed by atoms with Gasteiger partial charge in [-0.15, -0.1) is 0 Å². The molecule has 1 aliphatic heterocycles. The molecule has 10 nitrogen and oxygen atoms in total. The number of ether oxygens (including phenoxy) is 5. The zero-order valence-corrected chi connectivity index (χ0v) is 23.1. The minimum Gasteiger partial charge on any atom is -0.493 e. The van der Waals surface area contributed by atoms with Crippen molar-refractivity contribution in [1.29, 1.82) is 0 Å². The van der Waals surface area contributed by atoms with Gasteiger partial charge in [-0.1, -0.05) is 0 Å². The summed E-state index contributed by atoms with van der Waals surface area (Å²) in [5.41, 5.74) is 3.40. The zero-order valence-electron chi connectivity index (χ0n) is 23.1. The third-order valence-corrected chi connectivity index (χ3v) is 6.99. The number of rotatable bonds is 11. The van der Waals surface area contributed by atoms with Crippen molar-refractivity contribution in [3.63, 3.8) is 0 Å². The Morgan fingerprint density at radius 3 is 2.15 bits per heavy atom. The molecule has 3 N–H and O–H groups in total. The van der Waals surface area contributed by atoms with E-state index in [1.54, 1.807) is 60.1 Å². The second-order valence-electron chi connectivity index (χ2n) is 9.20. The summed E-state index contributed by atoms with van der Waals surface area (Å²) >= 11 is 0. The number of anilines is 1. The third kappa shape index (κ3) is 6.12. The van der Waals surface area contributed by atoms with Crippen molar-refractivity contribution < 1.29 is 28.5 Å². The van der Waals surface area contributed by atoms with Crippen molar-refractivity contribution in [1.82, 2.24) is 15.6 Å². The number of pyridine rings is 1. The summed E-state index contributed by atoms with van der Waals surface area (Å²) in [6, 6.07) is 11.2. The number of carbonyl (C=O) groups is 1. The molecule has 0 bridgehead atoms. The second-order valence-corrected chi connectivity index (χ2v) is 9.20. The molecule has 4 rings (SSSR count). The molecule has 0 fully saturated rings. The minimum atomic E-state index is -0.526. The Kier molecular flexibility index (Phi) is 8.98. The van der Waals surface area contributed by atoms with Gasteiger partial charge in [-0.2, -0.15) is 0 Å². The van der Waals surface area contributed by atoms with Crippen LogP contribution in [0.2, 0.25) is 0 Å². The van der Waals surface area contributed by atoms with Gasteiger partial charge >= 0.3 is 6.03 Å². The van der Waals surface area contributed by atoms with Crippen LogP contribution in [0.5, 0.6) is 28.7 Å². The summed E-state index contributed by atoms with van der Waals surface area (Å²) in [4.78, 5) is 16.6. The Bertz CT molecular complexity index is 1260. The molecule has 1 unspecified atom stereocenters. The molecule has 3 aromatic rings. The molecule has 2 amide bonds. The molecule has 0 aliphatic carbocycles. The number of aromatic nitrogens is 1. The highest BCUT2D eigenvalue weighted by molar-refractivity contribution is 5.89. The molecule has 10 heteroatoms. The quantitative estimate of drug-likeness (QED) is 0.338. The molecule has 39 heavy (non-hydrogen) atoms. The number of nitrogens with one attached hydrogen (secondary N) is 3. The first-order chi connectivity index (χ1) is 19.0. The normalized spacial score (nSPS) is 16.0. The molecule has 208 valence electrons. The van der Waals surface area contributed by atoms with Crippen molar-refractivity contribution in [3.8, 4) is 28.7 Å². The molecule has 0 spiro atoms. The number of hydrogen-bond acceptors (Lipinski definition) is 8. The average Bonchev–Trinajstić information content (AvgIpc) is 2.96. The molecule has 2 heterocycles. The van der Waals surface area contributed by atoms with Crippen LogP contribution in [0.3, 0.4) is 0 Å². The molecule has 1 atom stereocenters. The maximum absolute atomic E-state index is 12.6. The van der Waals surface area contributed by atoms with E-state index < -0.39 is 5.54 Å². The zero-order chi connectivity index (χ0) is 27.8. The van der Waals surface area contributed by atoms with Gasteiger partial charge in [0.25, 0.3) is 0 Å². The van der Waals surface area contributed by atoms with E-state index >= 15 is 0 Å². The number of fused-ring (bicyclic) bond motifs is 1. The Morgan fingerprint density at radius 1 is 0.897 bits per heavy atom. The van der Waals surface area contributed by atoms with Crippen molar-refractivity contribution in [2.45, 2.75) is 24.8 Å². The van der Waals surface area contributed by atoms with Crippen LogP contribution in [0.15, 0.2) is 48.8 Å². The first-order valence-corrected chi connectivity index (χ1v) is 12.7. The van der Waals surface area contributed by atoms with Crippen LogP contribution in [-0.4, -0.2) is 59.7 Å². The standard InChI is InChI=1S/C29H36N4O6/c1-35-23-16-20-6-12-32-29(22(20)17-24(23)36-2,9-13-31-28(34)33-21-7-10-30-11-8-21)18-19-14-25(37-3)27(39-5)26(15-19)38-4/h7-8,10-11,14-17,32H,6,9,12-13,18H2,1-5H3,(H2,30,31,33,34). The summed E-state index contributed by atoms with van der Waals surface area (Å²) < 4.78 is 28.0. The van der Waals surface area contributed by atoms with Crippen molar-refractivity contribution in [3.05, 3.63) is 65.5 Å². The lowest BCUT2D eigenvalue weighted by Crippen LogP contribution is -2.51. The van der Waals surface area contributed by atoms with Gasteiger partial charge in [-0.3, -0.25) is 4.98 Å². The highest BCUT2D eigenvalue weighted by Crippen LogP contribution is 2.43. The van der Waals surface area contributed by atoms with Gasteiger partial charge in [0.2, 0.25) is 5.75 Å². The van der Waals surface area contributed by atoms with E-state index in [9.17, 15) is 4.79 Å². The summed E-state index contributed by atoms with van der Waals surface area (Å²) in [5.74, 6) is 3.04. The monoisotopic (exact) mass is 536 g/mol. The van der Waals surface area contributed by atoms with E-state index in [0.29, 0.717) is 53.8 Å². The van der Waals surface area contributed by atoms with E-state index in [-0.39, 0.29) is 6.03 Å². The number of urea groups is 1. The third-order valence-electron chi connectivity index (χ3n) is 6.99. The highest BCUT2D eigenvalue weighted by atomic mass is 16.5. The van der Waals surface area contributed by atoms with Crippen molar-refractivity contribution in [2.24, 2.45) is 0 Å². The molecular formula is C29H36N4O6. The maximum atomic E-state index is 12.6. The topological polar surface area (TPSA) is 112 Å². The fraction of sp³-hybridized carbons (Fsp3) is 0.379. The summed E-state index contributed by atoms with van der Waals surface area (Å²) in [6.45, 7) is 1.18. The van der Waals surface area contributed by atoms with Gasteiger partial charge < -0.3 is 39.6 Å². The Labute approximate surface area is 229 Å². The van der Waals surface area contributed by atoms with Crippen LogP contribution in [0, 0.1) is 0 Å². The lowest BCUT2D eigenvalue weighted by atomic mass is 9.75. The SMILES string of the molecule is COc1cc2c(cc1OC)C(CCNC(=O)Nc1ccncc1)(Cc1cc(OC)c(OC)c(OC)c1)NCC2. The Morgan fingerprint density at radius 2 is 1.54 bits per heavy atom. The van der Waals surface area contributed by atoms with E-state index in [1.807, 2.05) is 24.3 Å². The lowest BCUT2D eigenvalue weighted by molar-refractivity contribution is 0.246. The summed E-state index contributed by atoms with van der Waals surface area (Å²) in [5, 5.41) is 9.61. The molecule has 1 aromatic heterocycles. The lowest BCUT2D eigenvalue weighted by Gasteiger charge is -2.41. The van der Waals surface area contributed by atoms with Crippen LogP contribution in [-0.2, 0) is 18.4 Å². The van der Waals surface area contributed by atoms with Gasteiger partial charge in [0, 0.05) is 36.7 Å². The van der Waals surface area contributed by atoms with E-state index in [4.69, 9.17) is 23.7 Å². The maximum Gasteiger partial charge on any atom is 0.319 e. The average molecular weight is 537 g/mol. The van der Waals surface area contributed by atoms with Crippen LogP contribution in [0.1, 0.15) is 23.1 Å². The van der Waals surface area contributed by atoms with E-state index in [0.717, 1.165) is 24.1 Å².